The minimum Gasteiger partial charge on any atom is -0.444 e. The summed E-state index contributed by atoms with van der Waals surface area (Å²) in [6.07, 6.45) is 0.205. The molecule has 1 aliphatic rings. The summed E-state index contributed by atoms with van der Waals surface area (Å²) in [5.41, 5.74) is 1.55. The van der Waals surface area contributed by atoms with Gasteiger partial charge in [0.1, 0.15) is 5.60 Å². The Balaban J connectivity index is 1.83. The first-order valence-electron chi connectivity index (χ1n) is 9.27. The standard InChI is InChI=1S/C20H24BrClN4O3/c1-11-9-15-14(10-26(11)19(28)29-20(2,3)4)23-17(25(15)5)18(27)24-13-8-6-7-12(21)16(13)22/h6-8,11H,9-10H2,1-5H3,(H,24,27). The number of imidazole rings is 1. The third-order valence-corrected chi connectivity index (χ3v) is 5.96. The van der Waals surface area contributed by atoms with Crippen LogP contribution in [0.5, 0.6) is 0 Å². The predicted molar refractivity (Wildman–Crippen MR) is 115 cm³/mol. The number of halogens is 2. The fourth-order valence-electron chi connectivity index (χ4n) is 3.22. The SMILES string of the molecule is CC1Cc2c(nc(C(=O)Nc3cccc(Br)c3Cl)n2C)CN1C(=O)OC(C)(C)C. The van der Waals surface area contributed by atoms with Crippen LogP contribution in [0.1, 0.15) is 49.7 Å². The van der Waals surface area contributed by atoms with Crippen molar-refractivity contribution in [2.45, 2.75) is 52.3 Å². The fraction of sp³-hybridized carbons (Fsp3) is 0.450. The van der Waals surface area contributed by atoms with Gasteiger partial charge >= 0.3 is 6.09 Å². The maximum atomic E-state index is 12.8. The number of rotatable bonds is 2. The summed E-state index contributed by atoms with van der Waals surface area (Å²) >= 11 is 9.59. The van der Waals surface area contributed by atoms with E-state index in [0.29, 0.717) is 33.8 Å². The number of carbonyl (C=O) groups is 2. The van der Waals surface area contributed by atoms with Gasteiger partial charge in [-0.25, -0.2) is 9.78 Å². The molecule has 2 heterocycles. The lowest BCUT2D eigenvalue weighted by atomic mass is 10.0. The highest BCUT2D eigenvalue weighted by Crippen LogP contribution is 2.31. The van der Waals surface area contributed by atoms with Gasteiger partial charge in [0.05, 0.1) is 22.9 Å². The highest BCUT2D eigenvalue weighted by molar-refractivity contribution is 9.10. The first kappa shape index (κ1) is 21.6. The second-order valence-corrected chi connectivity index (χ2v) is 9.34. The molecule has 0 saturated heterocycles. The van der Waals surface area contributed by atoms with Crippen LogP contribution in [0.25, 0.3) is 0 Å². The molecule has 0 fully saturated rings. The first-order chi connectivity index (χ1) is 13.5. The van der Waals surface area contributed by atoms with E-state index >= 15 is 0 Å². The summed E-state index contributed by atoms with van der Waals surface area (Å²) in [7, 11) is 1.80. The Morgan fingerprint density at radius 2 is 2.03 bits per heavy atom. The van der Waals surface area contributed by atoms with Crippen LogP contribution in [-0.4, -0.2) is 38.1 Å². The van der Waals surface area contributed by atoms with Crippen molar-refractivity contribution in [2.24, 2.45) is 7.05 Å². The van der Waals surface area contributed by atoms with Crippen LogP contribution >= 0.6 is 27.5 Å². The Hall–Kier alpha value is -2.06. The van der Waals surface area contributed by atoms with Crippen LogP contribution in [0.3, 0.4) is 0 Å². The van der Waals surface area contributed by atoms with Gasteiger partial charge in [0.25, 0.3) is 5.91 Å². The second-order valence-electron chi connectivity index (χ2n) is 8.10. The second kappa shape index (κ2) is 7.99. The molecule has 1 N–H and O–H groups in total. The highest BCUT2D eigenvalue weighted by Gasteiger charge is 2.34. The molecule has 0 aliphatic carbocycles. The Morgan fingerprint density at radius 3 is 2.69 bits per heavy atom. The number of carbonyl (C=O) groups excluding carboxylic acids is 2. The third kappa shape index (κ3) is 4.59. The average molecular weight is 484 g/mol. The number of hydrogen-bond donors (Lipinski definition) is 1. The monoisotopic (exact) mass is 482 g/mol. The molecule has 156 valence electrons. The molecule has 1 aliphatic heterocycles. The van der Waals surface area contributed by atoms with E-state index < -0.39 is 5.60 Å². The van der Waals surface area contributed by atoms with Crippen LogP contribution in [-0.2, 0) is 24.8 Å². The zero-order valence-corrected chi connectivity index (χ0v) is 19.4. The molecule has 3 rings (SSSR count). The third-order valence-electron chi connectivity index (χ3n) is 4.67. The molecule has 1 aromatic carbocycles. The minimum atomic E-state index is -0.574. The van der Waals surface area contributed by atoms with Gasteiger partial charge in [-0.05, 0) is 55.8 Å². The Kier molecular flexibility index (Phi) is 5.96. The van der Waals surface area contributed by atoms with Crippen molar-refractivity contribution in [3.63, 3.8) is 0 Å². The van der Waals surface area contributed by atoms with Crippen molar-refractivity contribution >= 4 is 45.2 Å². The summed E-state index contributed by atoms with van der Waals surface area (Å²) in [5, 5.41) is 3.22. The summed E-state index contributed by atoms with van der Waals surface area (Å²) in [4.78, 5) is 31.5. The van der Waals surface area contributed by atoms with E-state index in [1.54, 1.807) is 34.7 Å². The van der Waals surface area contributed by atoms with Gasteiger partial charge in [0.2, 0.25) is 0 Å². The molecule has 7 nitrogen and oxygen atoms in total. The molecule has 0 saturated carbocycles. The number of aromatic nitrogens is 2. The number of amides is 2. The molecule has 0 bridgehead atoms. The number of nitrogens with zero attached hydrogens (tertiary/aromatic N) is 3. The predicted octanol–water partition coefficient (Wildman–Crippen LogP) is 4.77. The largest absolute Gasteiger partial charge is 0.444 e. The maximum Gasteiger partial charge on any atom is 0.410 e. The lowest BCUT2D eigenvalue weighted by molar-refractivity contribution is 0.0133. The lowest BCUT2D eigenvalue weighted by Gasteiger charge is -2.34. The molecule has 9 heteroatoms. The summed E-state index contributed by atoms with van der Waals surface area (Å²) in [5.74, 6) is -0.0948. The minimum absolute atomic E-state index is 0.0665. The number of fused-ring (bicyclic) bond motifs is 1. The van der Waals surface area contributed by atoms with Crippen molar-refractivity contribution in [2.75, 3.05) is 5.32 Å². The average Bonchev–Trinajstić information content (AvgIpc) is 2.93. The number of anilines is 1. The van der Waals surface area contributed by atoms with Gasteiger partial charge in [-0.15, -0.1) is 0 Å². The molecule has 29 heavy (non-hydrogen) atoms. The fourth-order valence-corrected chi connectivity index (χ4v) is 3.76. The van der Waals surface area contributed by atoms with E-state index in [0.717, 1.165) is 5.69 Å². The normalized spacial score (nSPS) is 16.4. The van der Waals surface area contributed by atoms with Crippen LogP contribution in [0.4, 0.5) is 10.5 Å². The van der Waals surface area contributed by atoms with Crippen molar-refractivity contribution < 1.29 is 14.3 Å². The number of nitrogens with one attached hydrogen (secondary N) is 1. The molecular weight excluding hydrogens is 460 g/mol. The van der Waals surface area contributed by atoms with E-state index in [2.05, 4.69) is 26.2 Å². The molecule has 2 amide bonds. The molecule has 1 aromatic heterocycles. The van der Waals surface area contributed by atoms with Crippen molar-refractivity contribution in [1.82, 2.24) is 14.5 Å². The van der Waals surface area contributed by atoms with Crippen LogP contribution in [0, 0.1) is 0 Å². The quantitative estimate of drug-likeness (QED) is 0.667. The van der Waals surface area contributed by atoms with Gasteiger partial charge < -0.3 is 14.6 Å². The summed E-state index contributed by atoms with van der Waals surface area (Å²) in [6.45, 7) is 7.76. The lowest BCUT2D eigenvalue weighted by Crippen LogP contribution is -2.45. The number of ether oxygens (including phenoxy) is 1. The topological polar surface area (TPSA) is 76.5 Å². The van der Waals surface area contributed by atoms with Gasteiger partial charge in [-0.1, -0.05) is 17.7 Å². The van der Waals surface area contributed by atoms with E-state index in [9.17, 15) is 9.59 Å². The van der Waals surface area contributed by atoms with Crippen molar-refractivity contribution in [3.05, 3.63) is 44.9 Å². The Labute approximate surface area is 183 Å². The molecule has 0 radical (unpaired) electrons. The molecule has 2 aromatic rings. The zero-order valence-electron chi connectivity index (χ0n) is 17.0. The van der Waals surface area contributed by atoms with Crippen LogP contribution in [0.15, 0.2) is 22.7 Å². The van der Waals surface area contributed by atoms with Gasteiger partial charge in [0.15, 0.2) is 5.82 Å². The number of benzene rings is 1. The van der Waals surface area contributed by atoms with Gasteiger partial charge in [-0.2, -0.15) is 0 Å². The van der Waals surface area contributed by atoms with E-state index in [1.807, 2.05) is 27.7 Å². The van der Waals surface area contributed by atoms with E-state index in [4.69, 9.17) is 16.3 Å². The van der Waals surface area contributed by atoms with Crippen molar-refractivity contribution in [3.8, 4) is 0 Å². The Morgan fingerprint density at radius 1 is 1.34 bits per heavy atom. The summed E-state index contributed by atoms with van der Waals surface area (Å²) in [6, 6.07) is 5.24. The zero-order chi connectivity index (χ0) is 21.5. The van der Waals surface area contributed by atoms with E-state index in [-0.39, 0.29) is 23.9 Å². The van der Waals surface area contributed by atoms with Gasteiger partial charge in [-0.3, -0.25) is 9.69 Å². The van der Waals surface area contributed by atoms with Crippen LogP contribution < -0.4 is 5.32 Å². The molecule has 1 atom stereocenters. The maximum absolute atomic E-state index is 12.8. The first-order valence-corrected chi connectivity index (χ1v) is 10.4. The van der Waals surface area contributed by atoms with Crippen LogP contribution in [0.2, 0.25) is 5.02 Å². The number of hydrogen-bond acceptors (Lipinski definition) is 4. The summed E-state index contributed by atoms with van der Waals surface area (Å²) < 4.78 is 7.97. The highest BCUT2D eigenvalue weighted by atomic mass is 79.9. The molecule has 0 spiro atoms. The smallest absolute Gasteiger partial charge is 0.410 e. The molecule has 1 unspecified atom stereocenters. The van der Waals surface area contributed by atoms with Gasteiger partial charge in [0, 0.05) is 29.7 Å². The van der Waals surface area contributed by atoms with E-state index in [1.165, 1.54) is 0 Å². The van der Waals surface area contributed by atoms with Crippen molar-refractivity contribution in [1.29, 1.82) is 0 Å². The Bertz CT molecular complexity index is 967. The molecular formula is C20H24BrClN4O3.